The quantitative estimate of drug-likeness (QED) is 0.912. The van der Waals surface area contributed by atoms with Crippen molar-refractivity contribution in [3.8, 4) is 0 Å². The van der Waals surface area contributed by atoms with Crippen molar-refractivity contribution in [3.05, 3.63) is 41.5 Å². The van der Waals surface area contributed by atoms with E-state index in [9.17, 15) is 0 Å². The highest BCUT2D eigenvalue weighted by molar-refractivity contribution is 7.98. The molecule has 1 N–H and O–H groups in total. The predicted octanol–water partition coefficient (Wildman–Crippen LogP) is 3.52. The molecule has 1 aromatic carbocycles. The van der Waals surface area contributed by atoms with E-state index in [1.165, 1.54) is 11.3 Å². The summed E-state index contributed by atoms with van der Waals surface area (Å²) in [4.78, 5) is 4.55. The van der Waals surface area contributed by atoms with Crippen LogP contribution in [0.4, 0.5) is 5.69 Å². The number of hydrogen-bond acceptors (Lipinski definition) is 5. The average Bonchev–Trinajstić information content (AvgIpc) is 3.04. The van der Waals surface area contributed by atoms with Gasteiger partial charge in [0.1, 0.15) is 0 Å². The Bertz CT molecular complexity index is 582. The number of nitrogens with one attached hydrogen (secondary N) is 1. The van der Waals surface area contributed by atoms with E-state index in [0.29, 0.717) is 5.92 Å². The van der Waals surface area contributed by atoms with Gasteiger partial charge in [0.2, 0.25) is 5.89 Å². The Balaban J connectivity index is 1.69. The van der Waals surface area contributed by atoms with Crippen LogP contribution in [0.3, 0.4) is 0 Å². The van der Waals surface area contributed by atoms with Crippen LogP contribution in [0.2, 0.25) is 0 Å². The van der Waals surface area contributed by atoms with E-state index in [1.54, 1.807) is 0 Å². The minimum atomic E-state index is 0.183. The van der Waals surface area contributed by atoms with Crippen molar-refractivity contribution in [2.45, 2.75) is 25.5 Å². The summed E-state index contributed by atoms with van der Waals surface area (Å²) in [6, 6.07) is 8.30. The molecule has 0 radical (unpaired) electrons. The van der Waals surface area contributed by atoms with Crippen molar-refractivity contribution in [1.29, 1.82) is 0 Å². The molecule has 1 aliphatic heterocycles. The van der Waals surface area contributed by atoms with Gasteiger partial charge in [0.05, 0.1) is 11.7 Å². The van der Waals surface area contributed by atoms with Gasteiger partial charge in [-0.2, -0.15) is 16.7 Å². The SMILES string of the molecule is CC(C)CSCc1noc(C2CNc3ccccc32)n1. The van der Waals surface area contributed by atoms with E-state index in [1.807, 2.05) is 17.8 Å². The molecular formula is C15H19N3OS. The fraction of sp³-hybridized carbons (Fsp3) is 0.467. The Morgan fingerprint density at radius 3 is 3.10 bits per heavy atom. The van der Waals surface area contributed by atoms with Crippen LogP contribution >= 0.6 is 11.8 Å². The number of aromatic nitrogens is 2. The lowest BCUT2D eigenvalue weighted by molar-refractivity contribution is 0.366. The molecule has 0 saturated carbocycles. The van der Waals surface area contributed by atoms with Gasteiger partial charge in [0.25, 0.3) is 0 Å². The van der Waals surface area contributed by atoms with Crippen LogP contribution in [-0.4, -0.2) is 22.4 Å². The Hall–Kier alpha value is -1.49. The van der Waals surface area contributed by atoms with Crippen molar-refractivity contribution < 1.29 is 4.52 Å². The van der Waals surface area contributed by atoms with Crippen LogP contribution < -0.4 is 5.32 Å². The second kappa shape index (κ2) is 5.87. The maximum absolute atomic E-state index is 5.45. The molecular weight excluding hydrogens is 270 g/mol. The first-order valence-electron chi connectivity index (χ1n) is 6.97. The minimum Gasteiger partial charge on any atom is -0.384 e. The number of anilines is 1. The van der Waals surface area contributed by atoms with Crippen molar-refractivity contribution >= 4 is 17.4 Å². The van der Waals surface area contributed by atoms with Crippen molar-refractivity contribution in [3.63, 3.8) is 0 Å². The summed E-state index contributed by atoms with van der Waals surface area (Å²) in [5, 5.41) is 7.48. The second-order valence-corrected chi connectivity index (χ2v) is 6.51. The molecule has 1 atom stereocenters. The number of hydrogen-bond donors (Lipinski definition) is 1. The van der Waals surface area contributed by atoms with Gasteiger partial charge in [-0.05, 0) is 23.3 Å². The van der Waals surface area contributed by atoms with Gasteiger partial charge in [-0.25, -0.2) is 0 Å². The van der Waals surface area contributed by atoms with Crippen LogP contribution in [-0.2, 0) is 5.75 Å². The zero-order valence-corrected chi connectivity index (χ0v) is 12.6. The highest BCUT2D eigenvalue weighted by Crippen LogP contribution is 2.35. The van der Waals surface area contributed by atoms with Crippen molar-refractivity contribution in [1.82, 2.24) is 10.1 Å². The van der Waals surface area contributed by atoms with Crippen LogP contribution in [0, 0.1) is 5.92 Å². The smallest absolute Gasteiger partial charge is 0.236 e. The first-order chi connectivity index (χ1) is 9.74. The lowest BCUT2D eigenvalue weighted by Crippen LogP contribution is -2.04. The lowest BCUT2D eigenvalue weighted by atomic mass is 10.0. The summed E-state index contributed by atoms with van der Waals surface area (Å²) in [6.07, 6.45) is 0. The van der Waals surface area contributed by atoms with Gasteiger partial charge >= 0.3 is 0 Å². The molecule has 3 rings (SSSR count). The summed E-state index contributed by atoms with van der Waals surface area (Å²) in [5.74, 6) is 4.35. The van der Waals surface area contributed by atoms with Gasteiger partial charge in [-0.3, -0.25) is 0 Å². The molecule has 1 aromatic heterocycles. The molecule has 1 aliphatic rings. The standard InChI is InChI=1S/C15H19N3OS/c1-10(2)8-20-9-14-17-15(19-18-14)12-7-16-13-6-4-3-5-11(12)13/h3-6,10,12,16H,7-9H2,1-2H3. The first kappa shape index (κ1) is 13.5. The maximum atomic E-state index is 5.45. The molecule has 0 aliphatic carbocycles. The van der Waals surface area contributed by atoms with Crippen LogP contribution in [0.15, 0.2) is 28.8 Å². The molecule has 4 nitrogen and oxygen atoms in total. The molecule has 0 saturated heterocycles. The van der Waals surface area contributed by atoms with Crippen LogP contribution in [0.1, 0.15) is 37.0 Å². The van der Waals surface area contributed by atoms with Gasteiger partial charge in [-0.15, -0.1) is 0 Å². The van der Waals surface area contributed by atoms with E-state index in [2.05, 4.69) is 47.5 Å². The molecule has 0 fully saturated rings. The normalized spacial score (nSPS) is 17.2. The van der Waals surface area contributed by atoms with Gasteiger partial charge < -0.3 is 9.84 Å². The predicted molar refractivity (Wildman–Crippen MR) is 82.1 cm³/mol. The zero-order chi connectivity index (χ0) is 13.9. The third kappa shape index (κ3) is 2.82. The lowest BCUT2D eigenvalue weighted by Gasteiger charge is -2.03. The van der Waals surface area contributed by atoms with Gasteiger partial charge in [-0.1, -0.05) is 37.2 Å². The molecule has 2 heterocycles. The number of fused-ring (bicyclic) bond motifs is 1. The van der Waals surface area contributed by atoms with Crippen LogP contribution in [0.25, 0.3) is 0 Å². The van der Waals surface area contributed by atoms with Crippen LogP contribution in [0.5, 0.6) is 0 Å². The third-order valence-corrected chi connectivity index (χ3v) is 4.66. The molecule has 1 unspecified atom stereocenters. The number of rotatable bonds is 5. The van der Waals surface area contributed by atoms with E-state index in [0.717, 1.165) is 29.8 Å². The fourth-order valence-corrected chi connectivity index (χ4v) is 3.25. The summed E-state index contributed by atoms with van der Waals surface area (Å²) in [6.45, 7) is 5.27. The second-order valence-electron chi connectivity index (χ2n) is 5.48. The molecule has 106 valence electrons. The summed E-state index contributed by atoms with van der Waals surface area (Å²) in [7, 11) is 0. The fourth-order valence-electron chi connectivity index (χ4n) is 2.36. The molecule has 2 aromatic rings. The molecule has 0 amide bonds. The Morgan fingerprint density at radius 1 is 1.40 bits per heavy atom. The average molecular weight is 289 g/mol. The third-order valence-electron chi connectivity index (χ3n) is 3.30. The van der Waals surface area contributed by atoms with Gasteiger partial charge in [0, 0.05) is 12.2 Å². The summed E-state index contributed by atoms with van der Waals surface area (Å²) < 4.78 is 5.45. The molecule has 5 heteroatoms. The minimum absolute atomic E-state index is 0.183. The zero-order valence-electron chi connectivity index (χ0n) is 11.8. The Morgan fingerprint density at radius 2 is 2.25 bits per heavy atom. The largest absolute Gasteiger partial charge is 0.384 e. The van der Waals surface area contributed by atoms with Crippen molar-refractivity contribution in [2.75, 3.05) is 17.6 Å². The molecule has 0 spiro atoms. The Labute approximate surface area is 123 Å². The molecule has 20 heavy (non-hydrogen) atoms. The Kier molecular flexibility index (Phi) is 3.96. The highest BCUT2D eigenvalue weighted by Gasteiger charge is 2.28. The number of para-hydroxylation sites is 1. The summed E-state index contributed by atoms with van der Waals surface area (Å²) >= 11 is 1.86. The first-order valence-corrected chi connectivity index (χ1v) is 8.12. The van der Waals surface area contributed by atoms with Gasteiger partial charge in [0.15, 0.2) is 5.82 Å². The van der Waals surface area contributed by atoms with E-state index in [-0.39, 0.29) is 5.92 Å². The number of thioether (sulfide) groups is 1. The van der Waals surface area contributed by atoms with E-state index in [4.69, 9.17) is 4.52 Å². The monoisotopic (exact) mass is 289 g/mol. The number of benzene rings is 1. The molecule has 0 bridgehead atoms. The summed E-state index contributed by atoms with van der Waals surface area (Å²) in [5.41, 5.74) is 2.42. The highest BCUT2D eigenvalue weighted by atomic mass is 32.2. The van der Waals surface area contributed by atoms with E-state index < -0.39 is 0 Å². The maximum Gasteiger partial charge on any atom is 0.236 e. The number of nitrogens with zero attached hydrogens (tertiary/aromatic N) is 2. The van der Waals surface area contributed by atoms with E-state index >= 15 is 0 Å². The topological polar surface area (TPSA) is 51.0 Å². The van der Waals surface area contributed by atoms with Crippen molar-refractivity contribution in [2.24, 2.45) is 5.92 Å².